The molecular weight excluding hydrogens is 424 g/mol. The fourth-order valence-electron chi connectivity index (χ4n) is 3.27. The molecule has 3 rings (SSSR count). The first kappa shape index (κ1) is 23.3. The van der Waals surface area contributed by atoms with E-state index in [2.05, 4.69) is 5.32 Å². The van der Waals surface area contributed by atoms with Gasteiger partial charge in [-0.25, -0.2) is 8.42 Å². The minimum absolute atomic E-state index is 0.116. The van der Waals surface area contributed by atoms with Crippen LogP contribution in [0.25, 0.3) is 0 Å². The highest BCUT2D eigenvalue weighted by molar-refractivity contribution is 7.92. The van der Waals surface area contributed by atoms with Gasteiger partial charge in [-0.2, -0.15) is 0 Å². The van der Waals surface area contributed by atoms with Crippen molar-refractivity contribution in [3.8, 4) is 5.75 Å². The summed E-state index contributed by atoms with van der Waals surface area (Å²) in [6.45, 7) is 5.39. The van der Waals surface area contributed by atoms with E-state index in [1.807, 2.05) is 45.0 Å². The standard InChI is InChI=1S/C25H28N2O4S/c1-18-8-12-21(13-9-18)20(3)26-25(28)17-27(22-6-5-7-23(16-22)31-4)32(29,30)24-14-10-19(2)11-15-24/h5-16,20H,17H2,1-4H3,(H,26,28)/t20-/m0/s1. The van der Waals surface area contributed by atoms with Gasteiger partial charge in [0.25, 0.3) is 10.0 Å². The number of nitrogens with zero attached hydrogens (tertiary/aromatic N) is 1. The number of aryl methyl sites for hydroxylation is 2. The van der Waals surface area contributed by atoms with Crippen LogP contribution in [0.4, 0.5) is 5.69 Å². The molecule has 0 heterocycles. The quantitative estimate of drug-likeness (QED) is 0.550. The number of sulfonamides is 1. The Hall–Kier alpha value is -3.32. The van der Waals surface area contributed by atoms with Crippen molar-refractivity contribution in [2.45, 2.75) is 31.7 Å². The molecule has 1 atom stereocenters. The maximum Gasteiger partial charge on any atom is 0.264 e. The summed E-state index contributed by atoms with van der Waals surface area (Å²) in [5.41, 5.74) is 3.36. The summed E-state index contributed by atoms with van der Waals surface area (Å²) in [6, 6.07) is 20.8. The molecule has 0 saturated heterocycles. The van der Waals surface area contributed by atoms with Crippen LogP contribution in [0.3, 0.4) is 0 Å². The van der Waals surface area contributed by atoms with Crippen molar-refractivity contribution in [3.63, 3.8) is 0 Å². The third kappa shape index (κ3) is 5.48. The van der Waals surface area contributed by atoms with Crippen LogP contribution in [0, 0.1) is 13.8 Å². The summed E-state index contributed by atoms with van der Waals surface area (Å²) in [5.74, 6) is 0.0941. The predicted octanol–water partition coefficient (Wildman–Crippen LogP) is 4.38. The lowest BCUT2D eigenvalue weighted by atomic mass is 10.1. The van der Waals surface area contributed by atoms with Crippen molar-refractivity contribution in [1.29, 1.82) is 0 Å². The van der Waals surface area contributed by atoms with Gasteiger partial charge in [-0.15, -0.1) is 0 Å². The molecule has 0 aliphatic carbocycles. The summed E-state index contributed by atoms with van der Waals surface area (Å²) in [6.07, 6.45) is 0. The van der Waals surface area contributed by atoms with Crippen molar-refractivity contribution >= 4 is 21.6 Å². The van der Waals surface area contributed by atoms with E-state index >= 15 is 0 Å². The van der Waals surface area contributed by atoms with Gasteiger partial charge in [0.1, 0.15) is 12.3 Å². The van der Waals surface area contributed by atoms with Gasteiger partial charge in [0.05, 0.1) is 23.7 Å². The highest BCUT2D eigenvalue weighted by atomic mass is 32.2. The Labute approximate surface area is 189 Å². The Balaban J connectivity index is 1.90. The second kappa shape index (κ2) is 9.87. The highest BCUT2D eigenvalue weighted by Gasteiger charge is 2.28. The van der Waals surface area contributed by atoms with Gasteiger partial charge in [-0.3, -0.25) is 9.10 Å². The monoisotopic (exact) mass is 452 g/mol. The summed E-state index contributed by atoms with van der Waals surface area (Å²) >= 11 is 0. The fraction of sp³-hybridized carbons (Fsp3) is 0.240. The number of hydrogen-bond acceptors (Lipinski definition) is 4. The summed E-state index contributed by atoms with van der Waals surface area (Å²) in [5, 5.41) is 2.90. The van der Waals surface area contributed by atoms with E-state index in [0.717, 1.165) is 21.0 Å². The molecule has 0 unspecified atom stereocenters. The zero-order chi connectivity index (χ0) is 23.3. The SMILES string of the molecule is COc1cccc(N(CC(=O)N[C@@H](C)c2ccc(C)cc2)S(=O)(=O)c2ccc(C)cc2)c1. The lowest BCUT2D eigenvalue weighted by molar-refractivity contribution is -0.120. The molecule has 32 heavy (non-hydrogen) atoms. The Morgan fingerprint density at radius 1 is 0.969 bits per heavy atom. The van der Waals surface area contributed by atoms with E-state index in [-0.39, 0.29) is 17.5 Å². The molecule has 6 nitrogen and oxygen atoms in total. The number of carbonyl (C=O) groups excluding carboxylic acids is 1. The Morgan fingerprint density at radius 3 is 2.16 bits per heavy atom. The third-order valence-corrected chi connectivity index (χ3v) is 6.98. The summed E-state index contributed by atoms with van der Waals surface area (Å²) in [7, 11) is -2.47. The minimum Gasteiger partial charge on any atom is -0.497 e. The van der Waals surface area contributed by atoms with Crippen LogP contribution < -0.4 is 14.4 Å². The van der Waals surface area contributed by atoms with Gasteiger partial charge in [0.2, 0.25) is 5.91 Å². The maximum atomic E-state index is 13.5. The molecular formula is C25H28N2O4S. The van der Waals surface area contributed by atoms with E-state index < -0.39 is 15.9 Å². The average molecular weight is 453 g/mol. The number of benzene rings is 3. The van der Waals surface area contributed by atoms with Crippen molar-refractivity contribution in [2.75, 3.05) is 18.0 Å². The molecule has 0 saturated carbocycles. The van der Waals surface area contributed by atoms with Crippen molar-refractivity contribution < 1.29 is 17.9 Å². The molecule has 3 aromatic rings. The number of carbonyl (C=O) groups is 1. The van der Waals surface area contributed by atoms with Crippen molar-refractivity contribution in [3.05, 3.63) is 89.5 Å². The van der Waals surface area contributed by atoms with E-state index in [1.54, 1.807) is 48.5 Å². The predicted molar refractivity (Wildman–Crippen MR) is 126 cm³/mol. The molecule has 0 aromatic heterocycles. The van der Waals surface area contributed by atoms with Crippen LogP contribution in [-0.4, -0.2) is 28.0 Å². The molecule has 0 bridgehead atoms. The number of ether oxygens (including phenoxy) is 1. The van der Waals surface area contributed by atoms with Gasteiger partial charge >= 0.3 is 0 Å². The first-order chi connectivity index (χ1) is 15.2. The second-order valence-electron chi connectivity index (χ2n) is 7.73. The van der Waals surface area contributed by atoms with Gasteiger partial charge < -0.3 is 10.1 Å². The third-order valence-electron chi connectivity index (χ3n) is 5.19. The van der Waals surface area contributed by atoms with Crippen molar-refractivity contribution in [2.24, 2.45) is 0 Å². The molecule has 1 amide bonds. The fourth-order valence-corrected chi connectivity index (χ4v) is 4.69. The normalized spacial score (nSPS) is 12.1. The van der Waals surface area contributed by atoms with E-state index in [9.17, 15) is 13.2 Å². The summed E-state index contributed by atoms with van der Waals surface area (Å²) in [4.78, 5) is 13.0. The van der Waals surface area contributed by atoms with Crippen LogP contribution in [0.1, 0.15) is 29.7 Å². The number of amides is 1. The molecule has 7 heteroatoms. The first-order valence-electron chi connectivity index (χ1n) is 10.3. The zero-order valence-electron chi connectivity index (χ0n) is 18.7. The van der Waals surface area contributed by atoms with Crippen LogP contribution in [0.5, 0.6) is 5.75 Å². The van der Waals surface area contributed by atoms with Crippen molar-refractivity contribution in [1.82, 2.24) is 5.32 Å². The minimum atomic E-state index is -3.98. The number of nitrogens with one attached hydrogen (secondary N) is 1. The number of rotatable bonds is 8. The molecule has 0 aliphatic heterocycles. The summed E-state index contributed by atoms with van der Waals surface area (Å²) < 4.78 is 33.3. The van der Waals surface area contributed by atoms with Crippen LogP contribution in [-0.2, 0) is 14.8 Å². The topological polar surface area (TPSA) is 75.7 Å². The van der Waals surface area contributed by atoms with Crippen LogP contribution in [0.15, 0.2) is 77.7 Å². The Bertz CT molecular complexity index is 1170. The zero-order valence-corrected chi connectivity index (χ0v) is 19.5. The number of methoxy groups -OCH3 is 1. The average Bonchev–Trinajstić information content (AvgIpc) is 2.78. The highest BCUT2D eigenvalue weighted by Crippen LogP contribution is 2.27. The molecule has 0 fully saturated rings. The van der Waals surface area contributed by atoms with E-state index in [4.69, 9.17) is 4.74 Å². The maximum absolute atomic E-state index is 13.5. The van der Waals surface area contributed by atoms with Gasteiger partial charge in [-0.05, 0) is 50.6 Å². The molecule has 0 spiro atoms. The molecule has 3 aromatic carbocycles. The number of anilines is 1. The van der Waals surface area contributed by atoms with Gasteiger partial charge in [0.15, 0.2) is 0 Å². The Kier molecular flexibility index (Phi) is 7.20. The van der Waals surface area contributed by atoms with Gasteiger partial charge in [0, 0.05) is 6.07 Å². The van der Waals surface area contributed by atoms with Crippen LogP contribution >= 0.6 is 0 Å². The lowest BCUT2D eigenvalue weighted by Crippen LogP contribution is -2.41. The van der Waals surface area contributed by atoms with E-state index in [1.165, 1.54) is 7.11 Å². The van der Waals surface area contributed by atoms with Gasteiger partial charge in [-0.1, -0.05) is 53.6 Å². The second-order valence-corrected chi connectivity index (χ2v) is 9.59. The first-order valence-corrected chi connectivity index (χ1v) is 11.7. The molecule has 168 valence electrons. The molecule has 1 N–H and O–H groups in total. The van der Waals surface area contributed by atoms with Crippen LogP contribution in [0.2, 0.25) is 0 Å². The van der Waals surface area contributed by atoms with E-state index in [0.29, 0.717) is 11.4 Å². The molecule has 0 radical (unpaired) electrons. The lowest BCUT2D eigenvalue weighted by Gasteiger charge is -2.25. The smallest absolute Gasteiger partial charge is 0.264 e. The largest absolute Gasteiger partial charge is 0.497 e. The Morgan fingerprint density at radius 2 is 1.56 bits per heavy atom. The number of hydrogen-bond donors (Lipinski definition) is 1. The molecule has 0 aliphatic rings.